The number of carbonyl (C=O) groups is 2. The zero-order chi connectivity index (χ0) is 17.1. The Balaban J connectivity index is 1.94. The van der Waals surface area contributed by atoms with Crippen LogP contribution in [0.2, 0.25) is 0 Å². The second kappa shape index (κ2) is 7.43. The Hall–Kier alpha value is -1.43. The summed E-state index contributed by atoms with van der Waals surface area (Å²) in [6, 6.07) is 5.49. The molecule has 0 radical (unpaired) electrons. The van der Waals surface area contributed by atoms with Gasteiger partial charge in [-0.3, -0.25) is 9.59 Å². The van der Waals surface area contributed by atoms with Crippen molar-refractivity contribution in [1.29, 1.82) is 0 Å². The van der Waals surface area contributed by atoms with E-state index in [9.17, 15) is 14.0 Å². The summed E-state index contributed by atoms with van der Waals surface area (Å²) in [4.78, 5) is 26.6. The number of hydrogen-bond donors (Lipinski definition) is 0. The van der Waals surface area contributed by atoms with E-state index in [2.05, 4.69) is 15.9 Å². The Morgan fingerprint density at radius 3 is 2.74 bits per heavy atom. The van der Waals surface area contributed by atoms with E-state index in [-0.39, 0.29) is 24.9 Å². The second-order valence-corrected chi connectivity index (χ2v) is 6.96. The Bertz CT molecular complexity index is 608. The zero-order valence-corrected chi connectivity index (χ0v) is 15.3. The molecule has 2 rings (SSSR count). The fourth-order valence-corrected chi connectivity index (χ4v) is 3.29. The lowest BCUT2D eigenvalue weighted by Crippen LogP contribution is -2.42. The topological polar surface area (TPSA) is 40.6 Å². The second-order valence-electron chi connectivity index (χ2n) is 6.11. The lowest BCUT2D eigenvalue weighted by Gasteiger charge is -2.24. The third kappa shape index (κ3) is 4.31. The van der Waals surface area contributed by atoms with Crippen molar-refractivity contribution in [1.82, 2.24) is 9.80 Å². The molecule has 1 saturated heterocycles. The van der Waals surface area contributed by atoms with E-state index in [0.717, 1.165) is 15.6 Å². The summed E-state index contributed by atoms with van der Waals surface area (Å²) in [6.45, 7) is 3.75. The van der Waals surface area contributed by atoms with Gasteiger partial charge in [-0.1, -0.05) is 33.6 Å². The predicted molar refractivity (Wildman–Crippen MR) is 90.9 cm³/mol. The van der Waals surface area contributed by atoms with Gasteiger partial charge in [-0.25, -0.2) is 4.39 Å². The average Bonchev–Trinajstić information content (AvgIpc) is 2.88. The highest BCUT2D eigenvalue weighted by molar-refractivity contribution is 9.10. The first-order chi connectivity index (χ1) is 10.8. The van der Waals surface area contributed by atoms with E-state index < -0.39 is 12.2 Å². The molecule has 23 heavy (non-hydrogen) atoms. The molecule has 1 aliphatic rings. The Kier molecular flexibility index (Phi) is 5.79. The number of likely N-dealkylation sites (tertiary alicyclic amines) is 1. The van der Waals surface area contributed by atoms with Crippen LogP contribution >= 0.6 is 15.9 Å². The van der Waals surface area contributed by atoms with Crippen molar-refractivity contribution in [3.8, 4) is 0 Å². The molecule has 0 aliphatic carbocycles. The molecule has 126 valence electrons. The van der Waals surface area contributed by atoms with Crippen LogP contribution in [0.4, 0.5) is 4.39 Å². The fourth-order valence-electron chi connectivity index (χ4n) is 2.84. The van der Waals surface area contributed by atoms with E-state index in [0.29, 0.717) is 12.8 Å². The minimum Gasteiger partial charge on any atom is -0.338 e. The van der Waals surface area contributed by atoms with Gasteiger partial charge in [0.1, 0.15) is 6.17 Å². The molecule has 0 saturated carbocycles. The molecule has 4 nitrogen and oxygen atoms in total. The van der Waals surface area contributed by atoms with Gasteiger partial charge >= 0.3 is 0 Å². The number of rotatable bonds is 4. The van der Waals surface area contributed by atoms with Crippen LogP contribution in [0, 0.1) is 6.92 Å². The number of nitrogens with zero attached hydrogens (tertiary/aromatic N) is 2. The van der Waals surface area contributed by atoms with Crippen LogP contribution in [-0.2, 0) is 16.0 Å². The minimum absolute atomic E-state index is 0.0656. The van der Waals surface area contributed by atoms with Crippen LogP contribution in [0.3, 0.4) is 0 Å². The first-order valence-electron chi connectivity index (χ1n) is 7.70. The van der Waals surface area contributed by atoms with Gasteiger partial charge < -0.3 is 9.80 Å². The van der Waals surface area contributed by atoms with Crippen LogP contribution in [0.1, 0.15) is 24.5 Å². The normalized spacial score (nSPS) is 20.7. The lowest BCUT2D eigenvalue weighted by atomic mass is 10.1. The standard InChI is InChI=1S/C17H22BrFN2O2/c1-11-4-6-14(18)13(8-11)5-7-17(23)21-9-15(19)16(10-21)20(3)12(2)22/h4,6,8,15-16H,5,7,9-10H2,1-3H3. The van der Waals surface area contributed by atoms with Crippen molar-refractivity contribution in [2.24, 2.45) is 0 Å². The first-order valence-corrected chi connectivity index (χ1v) is 8.49. The van der Waals surface area contributed by atoms with Crippen molar-refractivity contribution in [3.05, 3.63) is 33.8 Å². The van der Waals surface area contributed by atoms with Crippen molar-refractivity contribution in [2.75, 3.05) is 20.1 Å². The number of aryl methyl sites for hydroxylation is 2. The smallest absolute Gasteiger partial charge is 0.223 e. The maximum absolute atomic E-state index is 14.1. The van der Waals surface area contributed by atoms with E-state index in [1.165, 1.54) is 16.7 Å². The van der Waals surface area contributed by atoms with Gasteiger partial charge in [0.25, 0.3) is 0 Å². The molecule has 1 fully saturated rings. The molecule has 0 spiro atoms. The van der Waals surface area contributed by atoms with Gasteiger partial charge in [0.15, 0.2) is 0 Å². The Labute approximate surface area is 144 Å². The molecule has 1 aromatic rings. The number of hydrogen-bond acceptors (Lipinski definition) is 2. The molecule has 2 amide bonds. The average molecular weight is 385 g/mol. The van der Waals surface area contributed by atoms with Gasteiger partial charge in [0, 0.05) is 31.4 Å². The molecular weight excluding hydrogens is 363 g/mol. The summed E-state index contributed by atoms with van der Waals surface area (Å²) in [5, 5.41) is 0. The number of carbonyl (C=O) groups excluding carboxylic acids is 2. The number of halogens is 2. The van der Waals surface area contributed by atoms with E-state index >= 15 is 0 Å². The van der Waals surface area contributed by atoms with Gasteiger partial charge in [0.05, 0.1) is 12.6 Å². The highest BCUT2D eigenvalue weighted by Crippen LogP contribution is 2.22. The molecule has 0 N–H and O–H groups in total. The summed E-state index contributed by atoms with van der Waals surface area (Å²) >= 11 is 3.49. The number of likely N-dealkylation sites (N-methyl/N-ethyl adjacent to an activating group) is 1. The summed E-state index contributed by atoms with van der Waals surface area (Å²) in [7, 11) is 1.58. The molecule has 0 aromatic heterocycles. The van der Waals surface area contributed by atoms with Crippen LogP contribution in [-0.4, -0.2) is 54.0 Å². The molecular formula is C17H22BrFN2O2. The van der Waals surface area contributed by atoms with Crippen molar-refractivity contribution in [3.63, 3.8) is 0 Å². The Morgan fingerprint density at radius 2 is 2.09 bits per heavy atom. The van der Waals surface area contributed by atoms with Crippen LogP contribution < -0.4 is 0 Å². The van der Waals surface area contributed by atoms with Gasteiger partial charge in [0.2, 0.25) is 11.8 Å². The van der Waals surface area contributed by atoms with Crippen LogP contribution in [0.25, 0.3) is 0 Å². The van der Waals surface area contributed by atoms with E-state index in [4.69, 9.17) is 0 Å². The van der Waals surface area contributed by atoms with E-state index in [1.807, 2.05) is 25.1 Å². The van der Waals surface area contributed by atoms with E-state index in [1.54, 1.807) is 7.05 Å². The maximum Gasteiger partial charge on any atom is 0.223 e. The van der Waals surface area contributed by atoms with Crippen LogP contribution in [0.15, 0.2) is 22.7 Å². The summed E-state index contributed by atoms with van der Waals surface area (Å²) in [5.41, 5.74) is 2.22. The Morgan fingerprint density at radius 1 is 1.39 bits per heavy atom. The molecule has 1 heterocycles. The highest BCUT2D eigenvalue weighted by Gasteiger charge is 2.38. The number of amides is 2. The first kappa shape index (κ1) is 17.9. The van der Waals surface area contributed by atoms with Crippen LogP contribution in [0.5, 0.6) is 0 Å². The molecule has 6 heteroatoms. The lowest BCUT2D eigenvalue weighted by molar-refractivity contribution is -0.132. The third-order valence-corrected chi connectivity index (χ3v) is 5.15. The molecule has 1 aliphatic heterocycles. The third-order valence-electron chi connectivity index (χ3n) is 4.38. The monoisotopic (exact) mass is 384 g/mol. The molecule has 1 aromatic carbocycles. The quantitative estimate of drug-likeness (QED) is 0.800. The molecule has 0 bridgehead atoms. The maximum atomic E-state index is 14.1. The number of benzene rings is 1. The zero-order valence-electron chi connectivity index (χ0n) is 13.7. The summed E-state index contributed by atoms with van der Waals surface area (Å²) < 4.78 is 15.1. The summed E-state index contributed by atoms with van der Waals surface area (Å²) in [5.74, 6) is -0.254. The SMILES string of the molecule is CC(=O)N(C)C1CN(C(=O)CCc2cc(C)ccc2Br)CC1F. The molecule has 2 atom stereocenters. The van der Waals surface area contributed by atoms with Gasteiger partial charge in [-0.15, -0.1) is 0 Å². The summed E-state index contributed by atoms with van der Waals surface area (Å²) in [6.07, 6.45) is -0.230. The van der Waals surface area contributed by atoms with Crippen molar-refractivity contribution < 1.29 is 14.0 Å². The minimum atomic E-state index is -1.18. The van der Waals surface area contributed by atoms with Gasteiger partial charge in [-0.05, 0) is 25.0 Å². The largest absolute Gasteiger partial charge is 0.338 e. The van der Waals surface area contributed by atoms with Crippen molar-refractivity contribution in [2.45, 2.75) is 38.9 Å². The van der Waals surface area contributed by atoms with Gasteiger partial charge in [-0.2, -0.15) is 0 Å². The number of alkyl halides is 1. The van der Waals surface area contributed by atoms with Crippen molar-refractivity contribution >= 4 is 27.7 Å². The fraction of sp³-hybridized carbons (Fsp3) is 0.529. The molecule has 2 unspecified atom stereocenters. The highest BCUT2D eigenvalue weighted by atomic mass is 79.9. The predicted octanol–water partition coefficient (Wildman–Crippen LogP) is 2.72.